The molecule has 0 bridgehead atoms. The van der Waals surface area contributed by atoms with E-state index < -0.39 is 0 Å². The van der Waals surface area contributed by atoms with Crippen molar-refractivity contribution in [2.24, 2.45) is 5.73 Å². The Labute approximate surface area is 107 Å². The van der Waals surface area contributed by atoms with Crippen molar-refractivity contribution in [3.05, 3.63) is 34.6 Å². The van der Waals surface area contributed by atoms with Gasteiger partial charge in [-0.3, -0.25) is 4.90 Å². The Morgan fingerprint density at radius 3 is 2.88 bits per heavy atom. The Balaban J connectivity index is 2.41. The largest absolute Gasteiger partial charge is 0.326 e. The molecule has 0 radical (unpaired) electrons. The number of hydrogen-bond donors (Lipinski definition) is 1. The molecule has 0 spiro atoms. The van der Waals surface area contributed by atoms with Crippen LogP contribution in [0, 0.1) is 5.82 Å². The summed E-state index contributed by atoms with van der Waals surface area (Å²) in [7, 11) is 1.98. The molecule has 0 aliphatic carbocycles. The molecule has 1 aliphatic rings. The average Bonchev–Trinajstić information content (AvgIpc) is 2.43. The highest BCUT2D eigenvalue weighted by Gasteiger charge is 2.30. The van der Waals surface area contributed by atoms with Gasteiger partial charge in [0.05, 0.1) is 6.04 Å². The number of rotatable bonds is 1. The molecule has 94 valence electrons. The van der Waals surface area contributed by atoms with Gasteiger partial charge in [-0.15, -0.1) is 0 Å². The van der Waals surface area contributed by atoms with Crippen LogP contribution >= 0.6 is 11.6 Å². The lowest BCUT2D eigenvalue weighted by Crippen LogP contribution is -2.38. The Morgan fingerprint density at radius 1 is 1.41 bits per heavy atom. The van der Waals surface area contributed by atoms with Crippen molar-refractivity contribution in [1.29, 1.82) is 0 Å². The molecule has 17 heavy (non-hydrogen) atoms. The number of nitrogens with two attached hydrogens (primary N) is 1. The summed E-state index contributed by atoms with van der Waals surface area (Å²) in [5.41, 5.74) is 6.72. The summed E-state index contributed by atoms with van der Waals surface area (Å²) in [5.74, 6) is -0.258. The molecule has 1 heterocycles. The van der Waals surface area contributed by atoms with E-state index >= 15 is 0 Å². The molecular formula is C13H18ClFN2. The number of halogens is 2. The third-order valence-electron chi connectivity index (χ3n) is 3.47. The zero-order chi connectivity index (χ0) is 12.4. The van der Waals surface area contributed by atoms with E-state index in [4.69, 9.17) is 17.3 Å². The maximum absolute atomic E-state index is 13.9. The van der Waals surface area contributed by atoms with Gasteiger partial charge in [-0.05, 0) is 38.6 Å². The van der Waals surface area contributed by atoms with Gasteiger partial charge in [-0.1, -0.05) is 24.1 Å². The fourth-order valence-corrected chi connectivity index (χ4v) is 2.87. The van der Waals surface area contributed by atoms with Gasteiger partial charge in [0.1, 0.15) is 5.82 Å². The van der Waals surface area contributed by atoms with Crippen LogP contribution in [0.4, 0.5) is 4.39 Å². The Bertz CT molecular complexity index is 365. The van der Waals surface area contributed by atoms with Crippen LogP contribution in [0.25, 0.3) is 0 Å². The van der Waals surface area contributed by atoms with Crippen molar-refractivity contribution < 1.29 is 4.39 Å². The van der Waals surface area contributed by atoms with Gasteiger partial charge in [-0.2, -0.15) is 0 Å². The van der Waals surface area contributed by atoms with Crippen LogP contribution in [0.1, 0.15) is 30.9 Å². The number of likely N-dealkylation sites (tertiary alicyclic amines) is 1. The summed E-state index contributed by atoms with van der Waals surface area (Å²) in [6, 6.07) is 4.63. The second-order valence-electron chi connectivity index (χ2n) is 4.72. The highest BCUT2D eigenvalue weighted by molar-refractivity contribution is 6.31. The van der Waals surface area contributed by atoms with Gasteiger partial charge >= 0.3 is 0 Å². The van der Waals surface area contributed by atoms with E-state index in [0.717, 1.165) is 25.8 Å². The fraction of sp³-hybridized carbons (Fsp3) is 0.538. The highest BCUT2D eigenvalue weighted by Crippen LogP contribution is 2.34. The molecule has 1 fully saturated rings. The van der Waals surface area contributed by atoms with Gasteiger partial charge < -0.3 is 5.73 Å². The number of nitrogens with zero attached hydrogens (tertiary/aromatic N) is 1. The smallest absolute Gasteiger partial charge is 0.129 e. The van der Waals surface area contributed by atoms with Crippen LogP contribution in [0.5, 0.6) is 0 Å². The molecule has 1 aromatic rings. The fourth-order valence-electron chi connectivity index (χ4n) is 2.59. The van der Waals surface area contributed by atoms with Crippen molar-refractivity contribution in [3.63, 3.8) is 0 Å². The quantitative estimate of drug-likeness (QED) is 0.837. The number of benzene rings is 1. The molecule has 2 atom stereocenters. The second kappa shape index (κ2) is 5.34. The normalized spacial score (nSPS) is 26.8. The van der Waals surface area contributed by atoms with Crippen molar-refractivity contribution in [2.75, 3.05) is 13.6 Å². The lowest BCUT2D eigenvalue weighted by molar-refractivity contribution is 0.225. The zero-order valence-electron chi connectivity index (χ0n) is 10.00. The number of hydrogen-bond acceptors (Lipinski definition) is 2. The van der Waals surface area contributed by atoms with E-state index in [1.54, 1.807) is 12.1 Å². The molecule has 2 N–H and O–H groups in total. The van der Waals surface area contributed by atoms with Gasteiger partial charge in [-0.25, -0.2) is 4.39 Å². The molecule has 4 heteroatoms. The summed E-state index contributed by atoms with van der Waals surface area (Å²) in [6.07, 6.45) is 3.11. The molecule has 0 saturated carbocycles. The van der Waals surface area contributed by atoms with Gasteiger partial charge in [0, 0.05) is 16.6 Å². The minimum absolute atomic E-state index is 0.0584. The molecule has 1 saturated heterocycles. The standard InChI is InChI=1S/C13H18ClFN2/c1-17-8-3-2-7-11(16)13(17)12-9(14)5-4-6-10(12)15/h4-6,11,13H,2-3,7-8,16H2,1H3. The van der Waals surface area contributed by atoms with Crippen molar-refractivity contribution in [3.8, 4) is 0 Å². The zero-order valence-corrected chi connectivity index (χ0v) is 10.8. The molecule has 2 unspecified atom stereocenters. The lowest BCUT2D eigenvalue weighted by atomic mass is 9.96. The summed E-state index contributed by atoms with van der Waals surface area (Å²) in [4.78, 5) is 2.11. The van der Waals surface area contributed by atoms with Crippen LogP contribution in [0.15, 0.2) is 18.2 Å². The predicted molar refractivity (Wildman–Crippen MR) is 68.6 cm³/mol. The molecule has 2 rings (SSSR count). The number of likely N-dealkylation sites (N-methyl/N-ethyl adjacent to an activating group) is 1. The minimum Gasteiger partial charge on any atom is -0.326 e. The van der Waals surface area contributed by atoms with Crippen LogP contribution in [-0.2, 0) is 0 Å². The SMILES string of the molecule is CN1CCCCC(N)C1c1c(F)cccc1Cl. The van der Waals surface area contributed by atoms with Gasteiger partial charge in [0.15, 0.2) is 0 Å². The topological polar surface area (TPSA) is 29.3 Å². The maximum Gasteiger partial charge on any atom is 0.129 e. The van der Waals surface area contributed by atoms with E-state index in [2.05, 4.69) is 4.90 Å². The molecule has 2 nitrogen and oxygen atoms in total. The molecule has 1 aliphatic heterocycles. The maximum atomic E-state index is 13.9. The van der Waals surface area contributed by atoms with Crippen LogP contribution in [0.3, 0.4) is 0 Å². The average molecular weight is 257 g/mol. The summed E-state index contributed by atoms with van der Waals surface area (Å²) in [5, 5.41) is 0.471. The first-order valence-corrected chi connectivity index (χ1v) is 6.39. The van der Waals surface area contributed by atoms with Crippen LogP contribution < -0.4 is 5.73 Å². The van der Waals surface area contributed by atoms with Gasteiger partial charge in [0.25, 0.3) is 0 Å². The first kappa shape index (κ1) is 12.8. The monoisotopic (exact) mass is 256 g/mol. The Morgan fingerprint density at radius 2 is 2.18 bits per heavy atom. The molecule has 1 aromatic carbocycles. The van der Waals surface area contributed by atoms with Crippen molar-refractivity contribution in [1.82, 2.24) is 4.90 Å². The first-order chi connectivity index (χ1) is 8.11. The van der Waals surface area contributed by atoms with Crippen molar-refractivity contribution >= 4 is 11.6 Å². The summed E-state index contributed by atoms with van der Waals surface area (Å²) >= 11 is 6.12. The third-order valence-corrected chi connectivity index (χ3v) is 3.80. The molecule has 0 amide bonds. The van der Waals surface area contributed by atoms with Gasteiger partial charge in [0.2, 0.25) is 0 Å². The predicted octanol–water partition coefficient (Wildman–Crippen LogP) is 2.96. The molecular weight excluding hydrogens is 239 g/mol. The third kappa shape index (κ3) is 2.62. The van der Waals surface area contributed by atoms with Crippen LogP contribution in [-0.4, -0.2) is 24.5 Å². The van der Waals surface area contributed by atoms with Crippen LogP contribution in [0.2, 0.25) is 5.02 Å². The summed E-state index contributed by atoms with van der Waals surface area (Å²) < 4.78 is 13.9. The Hall–Kier alpha value is -0.640. The van der Waals surface area contributed by atoms with E-state index in [1.165, 1.54) is 6.07 Å². The van der Waals surface area contributed by atoms with E-state index in [-0.39, 0.29) is 17.9 Å². The lowest BCUT2D eigenvalue weighted by Gasteiger charge is -2.31. The van der Waals surface area contributed by atoms with E-state index in [1.807, 2.05) is 7.05 Å². The molecule has 0 aromatic heterocycles. The highest BCUT2D eigenvalue weighted by atomic mass is 35.5. The Kier molecular flexibility index (Phi) is 4.02. The summed E-state index contributed by atoms with van der Waals surface area (Å²) in [6.45, 7) is 0.934. The van der Waals surface area contributed by atoms with E-state index in [0.29, 0.717) is 10.6 Å². The first-order valence-electron chi connectivity index (χ1n) is 6.01. The second-order valence-corrected chi connectivity index (χ2v) is 5.13. The van der Waals surface area contributed by atoms with Crippen molar-refractivity contribution in [2.45, 2.75) is 31.3 Å². The minimum atomic E-state index is -0.258. The van der Waals surface area contributed by atoms with E-state index in [9.17, 15) is 4.39 Å².